The summed E-state index contributed by atoms with van der Waals surface area (Å²) < 4.78 is 12.6. The van der Waals surface area contributed by atoms with Crippen molar-refractivity contribution in [1.82, 2.24) is 9.97 Å². The number of hydrogen-bond acceptors (Lipinski definition) is 7. The van der Waals surface area contributed by atoms with E-state index in [0.717, 1.165) is 25.7 Å². The van der Waals surface area contributed by atoms with Crippen molar-refractivity contribution >= 4 is 51.5 Å². The molecule has 0 bridgehead atoms. The van der Waals surface area contributed by atoms with Gasteiger partial charge in [-0.3, -0.25) is 10.1 Å². The summed E-state index contributed by atoms with van der Waals surface area (Å²) in [6.07, 6.45) is 1.68. The number of rotatable bonds is 9. The molecule has 0 fully saturated rings. The predicted molar refractivity (Wildman–Crippen MR) is 135 cm³/mol. The van der Waals surface area contributed by atoms with Crippen LogP contribution in [0.25, 0.3) is 11.0 Å². The van der Waals surface area contributed by atoms with Gasteiger partial charge in [0.05, 0.1) is 32.3 Å². The normalized spacial score (nSPS) is 11.1. The van der Waals surface area contributed by atoms with E-state index in [4.69, 9.17) is 9.47 Å². The van der Waals surface area contributed by atoms with Crippen LogP contribution in [0.3, 0.4) is 0 Å². The van der Waals surface area contributed by atoms with E-state index in [0.29, 0.717) is 24.1 Å². The molecule has 4 rings (SSSR count). The van der Waals surface area contributed by atoms with Gasteiger partial charge in [0, 0.05) is 12.1 Å². The lowest BCUT2D eigenvalue weighted by Crippen LogP contribution is -2.03. The van der Waals surface area contributed by atoms with E-state index in [2.05, 4.69) is 43.1 Å². The Morgan fingerprint density at radius 3 is 2.70 bits per heavy atom. The van der Waals surface area contributed by atoms with E-state index in [9.17, 15) is 10.1 Å². The molecule has 33 heavy (non-hydrogen) atoms. The van der Waals surface area contributed by atoms with Gasteiger partial charge in [0.15, 0.2) is 11.5 Å². The fourth-order valence-electron chi connectivity index (χ4n) is 3.11. The van der Waals surface area contributed by atoms with E-state index in [-0.39, 0.29) is 12.3 Å². The van der Waals surface area contributed by atoms with Gasteiger partial charge in [-0.1, -0.05) is 12.1 Å². The number of nitrogens with zero attached hydrogens (tertiary/aromatic N) is 3. The van der Waals surface area contributed by atoms with Crippen molar-refractivity contribution in [3.63, 3.8) is 0 Å². The molecule has 0 unspecified atom stereocenters. The number of imidazole rings is 1. The standard InChI is InChI=1S/C23H20IN5O4/c1-2-32-21-12-16(13-25-28-23-26-19-5-3-4-6-20(19)27-23)11-18(24)22(21)33-14-15-7-9-17(10-8-15)29(30)31/h3-13H,2,14H2,1H3,(H2,26,27,28)/b25-13-. The van der Waals surface area contributed by atoms with Gasteiger partial charge in [0.1, 0.15) is 6.61 Å². The lowest BCUT2D eigenvalue weighted by Gasteiger charge is -2.14. The molecule has 0 saturated carbocycles. The molecule has 0 atom stereocenters. The number of ether oxygens (including phenoxy) is 2. The molecule has 0 aliphatic heterocycles. The number of hydrazone groups is 1. The van der Waals surface area contributed by atoms with Gasteiger partial charge in [-0.2, -0.15) is 5.10 Å². The molecule has 0 amide bonds. The lowest BCUT2D eigenvalue weighted by atomic mass is 10.2. The largest absolute Gasteiger partial charge is 0.490 e. The van der Waals surface area contributed by atoms with Crippen LogP contribution in [0.1, 0.15) is 18.1 Å². The van der Waals surface area contributed by atoms with Crippen LogP contribution < -0.4 is 14.9 Å². The van der Waals surface area contributed by atoms with Crippen LogP contribution in [0, 0.1) is 13.7 Å². The number of anilines is 1. The average molecular weight is 557 g/mol. The van der Waals surface area contributed by atoms with E-state index in [1.54, 1.807) is 18.3 Å². The highest BCUT2D eigenvalue weighted by atomic mass is 127. The van der Waals surface area contributed by atoms with Gasteiger partial charge in [0.25, 0.3) is 5.69 Å². The fourth-order valence-corrected chi connectivity index (χ4v) is 3.89. The molecule has 168 valence electrons. The van der Waals surface area contributed by atoms with Crippen LogP contribution in [-0.4, -0.2) is 27.7 Å². The van der Waals surface area contributed by atoms with Crippen molar-refractivity contribution in [1.29, 1.82) is 0 Å². The molecule has 1 aromatic heterocycles. The van der Waals surface area contributed by atoms with Crippen molar-refractivity contribution in [2.45, 2.75) is 13.5 Å². The fraction of sp³-hybridized carbons (Fsp3) is 0.130. The van der Waals surface area contributed by atoms with Crippen molar-refractivity contribution in [2.75, 3.05) is 12.0 Å². The maximum atomic E-state index is 10.8. The third-order valence-corrected chi connectivity index (χ3v) is 5.44. The van der Waals surface area contributed by atoms with Crippen molar-refractivity contribution in [3.8, 4) is 11.5 Å². The first-order chi connectivity index (χ1) is 16.0. The Labute approximate surface area is 203 Å². The summed E-state index contributed by atoms with van der Waals surface area (Å²) in [5.41, 5.74) is 6.39. The summed E-state index contributed by atoms with van der Waals surface area (Å²) in [7, 11) is 0. The van der Waals surface area contributed by atoms with Crippen LogP contribution in [0.5, 0.6) is 11.5 Å². The summed E-state index contributed by atoms with van der Waals surface area (Å²) in [6, 6.07) is 17.8. The van der Waals surface area contributed by atoms with Gasteiger partial charge in [0.2, 0.25) is 5.95 Å². The Morgan fingerprint density at radius 1 is 1.18 bits per heavy atom. The minimum Gasteiger partial charge on any atom is -0.490 e. The van der Waals surface area contributed by atoms with Gasteiger partial charge in [-0.25, -0.2) is 10.4 Å². The second-order valence-corrected chi connectivity index (χ2v) is 8.11. The van der Waals surface area contributed by atoms with Crippen LogP contribution in [0.2, 0.25) is 0 Å². The Bertz CT molecular complexity index is 1270. The minimum absolute atomic E-state index is 0.0447. The molecule has 3 aromatic carbocycles. The zero-order valence-corrected chi connectivity index (χ0v) is 19.8. The highest BCUT2D eigenvalue weighted by molar-refractivity contribution is 14.1. The number of nitro benzene ring substituents is 1. The van der Waals surface area contributed by atoms with E-state index >= 15 is 0 Å². The highest BCUT2D eigenvalue weighted by Gasteiger charge is 2.13. The van der Waals surface area contributed by atoms with Crippen molar-refractivity contribution in [2.24, 2.45) is 5.10 Å². The summed E-state index contributed by atoms with van der Waals surface area (Å²) in [6.45, 7) is 2.63. The molecule has 0 aliphatic rings. The Morgan fingerprint density at radius 2 is 1.97 bits per heavy atom. The number of benzene rings is 3. The number of fused-ring (bicyclic) bond motifs is 1. The summed E-state index contributed by atoms with van der Waals surface area (Å²) in [5.74, 6) is 1.75. The maximum absolute atomic E-state index is 10.8. The zero-order chi connectivity index (χ0) is 23.2. The molecule has 0 aliphatic carbocycles. The smallest absolute Gasteiger partial charge is 0.269 e. The van der Waals surface area contributed by atoms with E-state index < -0.39 is 4.92 Å². The molecular formula is C23H20IN5O4. The number of H-pyrrole nitrogens is 1. The van der Waals surface area contributed by atoms with Gasteiger partial charge < -0.3 is 14.5 Å². The Hall–Kier alpha value is -3.67. The number of aromatic nitrogens is 2. The SMILES string of the molecule is CCOc1cc(/C=N\Nc2nc3ccccc3[nH]2)cc(I)c1OCc1ccc([N+](=O)[O-])cc1. The topological polar surface area (TPSA) is 115 Å². The molecular weight excluding hydrogens is 537 g/mol. The number of nitro groups is 1. The molecule has 0 spiro atoms. The van der Waals surface area contributed by atoms with Crippen molar-refractivity contribution < 1.29 is 14.4 Å². The monoisotopic (exact) mass is 557 g/mol. The molecule has 10 heteroatoms. The first-order valence-corrected chi connectivity index (χ1v) is 11.2. The lowest BCUT2D eigenvalue weighted by molar-refractivity contribution is -0.384. The molecule has 9 nitrogen and oxygen atoms in total. The molecule has 0 saturated heterocycles. The molecule has 0 radical (unpaired) electrons. The predicted octanol–water partition coefficient (Wildman–Crippen LogP) is 5.50. The van der Waals surface area contributed by atoms with Gasteiger partial charge in [-0.15, -0.1) is 0 Å². The van der Waals surface area contributed by atoms with Crippen LogP contribution >= 0.6 is 22.6 Å². The van der Waals surface area contributed by atoms with Gasteiger partial charge >= 0.3 is 0 Å². The first kappa shape index (κ1) is 22.5. The third kappa shape index (κ3) is 5.58. The first-order valence-electron chi connectivity index (χ1n) is 10.1. The van der Waals surface area contributed by atoms with E-state index in [1.165, 1.54) is 12.1 Å². The summed E-state index contributed by atoms with van der Waals surface area (Å²) >= 11 is 2.19. The third-order valence-electron chi connectivity index (χ3n) is 4.64. The molecule has 4 aromatic rings. The number of nitrogens with one attached hydrogen (secondary N) is 2. The molecule has 2 N–H and O–H groups in total. The Kier molecular flexibility index (Phi) is 7.03. The number of halogens is 1. The van der Waals surface area contributed by atoms with Gasteiger partial charge in [-0.05, 0) is 77.0 Å². The number of non-ortho nitro benzene ring substituents is 1. The van der Waals surface area contributed by atoms with E-state index in [1.807, 2.05) is 43.3 Å². The maximum Gasteiger partial charge on any atom is 0.269 e. The Balaban J connectivity index is 1.47. The second-order valence-electron chi connectivity index (χ2n) is 6.95. The van der Waals surface area contributed by atoms with Crippen molar-refractivity contribution in [3.05, 3.63) is 85.5 Å². The number of hydrogen-bond donors (Lipinski definition) is 2. The molecule has 1 heterocycles. The summed E-state index contributed by atoms with van der Waals surface area (Å²) in [4.78, 5) is 18.0. The quantitative estimate of drug-likeness (QED) is 0.122. The highest BCUT2D eigenvalue weighted by Crippen LogP contribution is 2.34. The minimum atomic E-state index is -0.426. The number of para-hydroxylation sites is 2. The van der Waals surface area contributed by atoms with Crippen LogP contribution in [0.15, 0.2) is 65.8 Å². The second kappa shape index (κ2) is 10.3. The average Bonchev–Trinajstić information content (AvgIpc) is 3.22. The zero-order valence-electron chi connectivity index (χ0n) is 17.6. The summed E-state index contributed by atoms with van der Waals surface area (Å²) in [5, 5.41) is 15.1. The van der Waals surface area contributed by atoms with Crippen LogP contribution in [-0.2, 0) is 6.61 Å². The number of aromatic amines is 1. The van der Waals surface area contributed by atoms with Crippen LogP contribution in [0.4, 0.5) is 11.6 Å².